The zero-order valence-electron chi connectivity index (χ0n) is 16.5. The molecule has 2 aromatic carbocycles. The molecule has 4 rings (SSSR count). The number of fused-ring (bicyclic) bond motifs is 1. The summed E-state index contributed by atoms with van der Waals surface area (Å²) >= 11 is 5.94. The summed E-state index contributed by atoms with van der Waals surface area (Å²) in [5, 5.41) is 11.2. The Bertz CT molecular complexity index is 1330. The van der Waals surface area contributed by atoms with E-state index < -0.39 is 34.2 Å². The van der Waals surface area contributed by atoms with Gasteiger partial charge in [0, 0.05) is 29.5 Å². The number of carbonyl (C=O) groups is 2. The van der Waals surface area contributed by atoms with Crippen LogP contribution in [0, 0.1) is 0 Å². The molecule has 0 fully saturated rings. The number of halogens is 4. The Kier molecular flexibility index (Phi) is 6.80. The molecule has 10 heteroatoms. The number of para-hydroxylation sites is 1. The van der Waals surface area contributed by atoms with Gasteiger partial charge in [-0.2, -0.15) is 13.2 Å². The minimum atomic E-state index is -4.82. The van der Waals surface area contributed by atoms with Gasteiger partial charge in [0.15, 0.2) is 0 Å². The van der Waals surface area contributed by atoms with Crippen molar-refractivity contribution in [2.24, 2.45) is 0 Å². The van der Waals surface area contributed by atoms with Crippen molar-refractivity contribution in [2.45, 2.75) is 6.18 Å². The second-order valence-corrected chi connectivity index (χ2v) is 7.05. The monoisotopic (exact) mass is 466 g/mol. The van der Waals surface area contributed by atoms with Crippen LogP contribution in [-0.2, 0) is 6.18 Å². The average molecular weight is 467 g/mol. The molecule has 156 valence electrons. The zero-order valence-corrected chi connectivity index (χ0v) is 19.2. The van der Waals surface area contributed by atoms with Crippen LogP contribution in [0.3, 0.4) is 0 Å². The molecule has 0 spiro atoms. The molecule has 0 bridgehead atoms. The Labute approximate surface area is 206 Å². The van der Waals surface area contributed by atoms with Crippen molar-refractivity contribution in [2.75, 3.05) is 0 Å². The number of rotatable bonds is 3. The zero-order chi connectivity index (χ0) is 22.3. The maximum atomic E-state index is 13.5. The van der Waals surface area contributed by atoms with Crippen molar-refractivity contribution in [3.05, 3.63) is 88.8 Å². The minimum absolute atomic E-state index is 0. The first-order valence-electron chi connectivity index (χ1n) is 8.85. The molecule has 0 unspecified atom stereocenters. The van der Waals surface area contributed by atoms with Gasteiger partial charge in [0.25, 0.3) is 5.91 Å². The number of carboxylic acid groups (broad SMARTS) is 1. The smallest absolute Gasteiger partial charge is 0.545 e. The first-order valence-corrected chi connectivity index (χ1v) is 9.23. The topological polar surface area (TPSA) is 75.0 Å². The Morgan fingerprint density at radius 2 is 1.66 bits per heavy atom. The van der Waals surface area contributed by atoms with Crippen molar-refractivity contribution in [3.8, 4) is 11.1 Å². The maximum absolute atomic E-state index is 13.5. The van der Waals surface area contributed by atoms with Crippen molar-refractivity contribution >= 4 is 34.4 Å². The van der Waals surface area contributed by atoms with Gasteiger partial charge >= 0.3 is 35.7 Å². The predicted molar refractivity (Wildman–Crippen MR) is 106 cm³/mol. The van der Waals surface area contributed by atoms with Crippen LogP contribution in [0.1, 0.15) is 26.3 Å². The number of benzene rings is 2. The van der Waals surface area contributed by atoms with E-state index in [0.717, 1.165) is 10.8 Å². The van der Waals surface area contributed by atoms with Gasteiger partial charge in [-0.1, -0.05) is 54.1 Å². The molecule has 0 N–H and O–H groups in total. The Morgan fingerprint density at radius 1 is 1.00 bits per heavy atom. The van der Waals surface area contributed by atoms with Gasteiger partial charge < -0.3 is 9.90 Å². The molecular weight excluding hydrogens is 456 g/mol. The Balaban J connectivity index is 0.00000289. The molecule has 2 heterocycles. The van der Waals surface area contributed by atoms with E-state index in [0.29, 0.717) is 28.2 Å². The third-order valence-corrected chi connectivity index (χ3v) is 5.07. The Hall–Kier alpha value is -2.65. The number of hydrogen-bond acceptors (Lipinski definition) is 4. The van der Waals surface area contributed by atoms with E-state index in [1.54, 1.807) is 24.3 Å². The van der Waals surface area contributed by atoms with Gasteiger partial charge in [0.1, 0.15) is 0 Å². The minimum Gasteiger partial charge on any atom is -0.545 e. The number of pyridine rings is 1. The van der Waals surface area contributed by atoms with Gasteiger partial charge in [-0.25, -0.2) is 0 Å². The first kappa shape index (κ1) is 24.0. The maximum Gasteiger partial charge on any atom is 1.00 e. The van der Waals surface area contributed by atoms with E-state index in [4.69, 9.17) is 11.6 Å². The fourth-order valence-corrected chi connectivity index (χ4v) is 3.59. The van der Waals surface area contributed by atoms with Crippen LogP contribution in [0.4, 0.5) is 13.2 Å². The molecule has 0 amide bonds. The van der Waals surface area contributed by atoms with Crippen LogP contribution in [0.15, 0.2) is 67.1 Å². The van der Waals surface area contributed by atoms with E-state index in [1.165, 1.54) is 30.5 Å². The molecule has 0 aliphatic heterocycles. The largest absolute Gasteiger partial charge is 1.00 e. The summed E-state index contributed by atoms with van der Waals surface area (Å²) < 4.78 is 41.5. The van der Waals surface area contributed by atoms with E-state index in [2.05, 4.69) is 4.98 Å². The number of alkyl halides is 3. The van der Waals surface area contributed by atoms with Crippen LogP contribution < -0.4 is 34.7 Å². The summed E-state index contributed by atoms with van der Waals surface area (Å²) in [6, 6.07) is 12.4. The van der Waals surface area contributed by atoms with Gasteiger partial charge in [-0.3, -0.25) is 14.3 Å². The van der Waals surface area contributed by atoms with Crippen LogP contribution >= 0.6 is 11.6 Å². The van der Waals surface area contributed by atoms with Crippen LogP contribution in [0.25, 0.3) is 22.0 Å². The van der Waals surface area contributed by atoms with Crippen molar-refractivity contribution in [1.82, 2.24) is 9.55 Å². The molecule has 0 saturated carbocycles. The normalized spacial score (nSPS) is 11.2. The average Bonchev–Trinajstić information content (AvgIpc) is 3.12. The number of carboxylic acids is 1. The molecule has 0 aliphatic carbocycles. The third-order valence-electron chi connectivity index (χ3n) is 4.78. The molecule has 32 heavy (non-hydrogen) atoms. The number of carbonyl (C=O) groups excluding carboxylic acids is 2. The molecule has 5 nitrogen and oxygen atoms in total. The van der Waals surface area contributed by atoms with E-state index in [-0.39, 0.29) is 35.1 Å². The van der Waals surface area contributed by atoms with E-state index in [9.17, 15) is 27.9 Å². The molecule has 0 atom stereocenters. The molecule has 0 saturated heterocycles. The van der Waals surface area contributed by atoms with Crippen LogP contribution in [0.2, 0.25) is 5.02 Å². The van der Waals surface area contributed by atoms with Crippen molar-refractivity contribution < 1.29 is 57.4 Å². The molecule has 4 aromatic rings. The summed E-state index contributed by atoms with van der Waals surface area (Å²) in [4.78, 5) is 27.6. The predicted octanol–water partition coefficient (Wildman–Crippen LogP) is 1.43. The third kappa shape index (κ3) is 4.31. The fraction of sp³-hybridized carbons (Fsp3) is 0.0455. The molecule has 2 aromatic heterocycles. The van der Waals surface area contributed by atoms with Gasteiger partial charge in [-0.15, -0.1) is 0 Å². The van der Waals surface area contributed by atoms with E-state index in [1.807, 2.05) is 0 Å². The SMILES string of the molecule is O=C([O-])c1ccc(-c2cn(C(=O)c3c(Cl)cncc3C(F)(F)F)c3ccccc23)cc1.[Na+]. The fourth-order valence-electron chi connectivity index (χ4n) is 3.35. The number of hydrogen-bond donors (Lipinski definition) is 0. The number of aromatic nitrogens is 2. The summed E-state index contributed by atoms with van der Waals surface area (Å²) in [5.41, 5.74) is -0.488. The summed E-state index contributed by atoms with van der Waals surface area (Å²) in [6.07, 6.45) is -1.88. The Morgan fingerprint density at radius 3 is 2.28 bits per heavy atom. The van der Waals surface area contributed by atoms with Gasteiger partial charge in [0.2, 0.25) is 0 Å². The van der Waals surface area contributed by atoms with Crippen molar-refractivity contribution in [3.63, 3.8) is 0 Å². The van der Waals surface area contributed by atoms with Gasteiger partial charge in [-0.05, 0) is 17.2 Å². The molecular formula is C22H11ClF3N2NaO3. The van der Waals surface area contributed by atoms with Gasteiger partial charge in [0.05, 0.1) is 27.6 Å². The van der Waals surface area contributed by atoms with E-state index >= 15 is 0 Å². The summed E-state index contributed by atoms with van der Waals surface area (Å²) in [7, 11) is 0. The second kappa shape index (κ2) is 9.07. The summed E-state index contributed by atoms with van der Waals surface area (Å²) in [5.74, 6) is -2.30. The molecule has 0 radical (unpaired) electrons. The quantitative estimate of drug-likeness (QED) is 0.428. The summed E-state index contributed by atoms with van der Waals surface area (Å²) in [6.45, 7) is 0. The molecule has 0 aliphatic rings. The van der Waals surface area contributed by atoms with Crippen LogP contribution in [-0.4, -0.2) is 21.4 Å². The standard InChI is InChI=1S/C22H12ClF3N2O3.Na/c23-17-10-27-9-16(22(24,25)26)19(17)20(29)28-11-15(14-3-1-2-4-18(14)28)12-5-7-13(8-6-12)21(30)31;/h1-11H,(H,30,31);/q;+1/p-1. The van der Waals surface area contributed by atoms with Crippen molar-refractivity contribution in [1.29, 1.82) is 0 Å². The number of aromatic carboxylic acids is 1. The second-order valence-electron chi connectivity index (χ2n) is 6.64. The first-order chi connectivity index (χ1) is 14.7. The number of nitrogens with zero attached hydrogens (tertiary/aromatic N) is 2. The van der Waals surface area contributed by atoms with Crippen LogP contribution in [0.5, 0.6) is 0 Å².